The minimum atomic E-state index is -1.21. The first-order chi connectivity index (χ1) is 9.92. The van der Waals surface area contributed by atoms with Crippen LogP contribution in [0.2, 0.25) is 0 Å². The van der Waals surface area contributed by atoms with E-state index >= 15 is 0 Å². The molecule has 0 aliphatic rings. The summed E-state index contributed by atoms with van der Waals surface area (Å²) in [6.07, 6.45) is 0.251. The Morgan fingerprint density at radius 3 is 2.14 bits per heavy atom. The van der Waals surface area contributed by atoms with E-state index < -0.39 is 33.8 Å². The highest BCUT2D eigenvalue weighted by molar-refractivity contribution is 5.75. The number of nitrogens with zero attached hydrogens (tertiary/aromatic N) is 1. The Morgan fingerprint density at radius 2 is 1.67 bits per heavy atom. The van der Waals surface area contributed by atoms with Crippen LogP contribution in [-0.4, -0.2) is 11.2 Å². The van der Waals surface area contributed by atoms with Crippen LogP contribution in [0.25, 0.3) is 0 Å². The zero-order chi connectivity index (χ0) is 15.6. The molecule has 0 bridgehead atoms. The second-order valence-corrected chi connectivity index (χ2v) is 3.90. The van der Waals surface area contributed by atoms with Gasteiger partial charge < -0.3 is 4.74 Å². The van der Waals surface area contributed by atoms with Crippen LogP contribution in [-0.2, 0) is 0 Å². The van der Waals surface area contributed by atoms with E-state index in [1.165, 1.54) is 0 Å². The van der Waals surface area contributed by atoms with Crippen molar-refractivity contribution in [2.45, 2.75) is 0 Å². The maximum atomic E-state index is 13.6. The number of carbonyl (C=O) groups is 1. The van der Waals surface area contributed by atoms with Gasteiger partial charge in [-0.25, -0.2) is 8.78 Å². The van der Waals surface area contributed by atoms with Gasteiger partial charge in [0, 0.05) is 17.7 Å². The monoisotopic (exact) mass is 297 g/mol. The molecular weight excluding hydrogens is 291 g/mol. The molecule has 0 spiro atoms. The summed E-state index contributed by atoms with van der Waals surface area (Å²) in [6.45, 7) is 0. The standard InChI is InChI=1S/C13H6F3NO4/c14-9-5-8(1-2-12(9)17(19)20)21-13-10(15)3-7(6-18)4-11(13)16/h1-6H. The van der Waals surface area contributed by atoms with Gasteiger partial charge >= 0.3 is 5.69 Å². The predicted molar refractivity (Wildman–Crippen MR) is 64.9 cm³/mol. The van der Waals surface area contributed by atoms with Crippen LogP contribution in [0.4, 0.5) is 18.9 Å². The highest BCUT2D eigenvalue weighted by atomic mass is 19.1. The third-order valence-corrected chi connectivity index (χ3v) is 2.49. The SMILES string of the molecule is O=Cc1cc(F)c(Oc2ccc([N+](=O)[O-])c(F)c2)c(F)c1. The second kappa shape index (κ2) is 5.61. The van der Waals surface area contributed by atoms with Gasteiger partial charge in [-0.15, -0.1) is 0 Å². The molecule has 0 unspecified atom stereocenters. The minimum Gasteiger partial charge on any atom is -0.451 e. The minimum absolute atomic E-state index is 0.229. The Kier molecular flexibility index (Phi) is 3.88. The molecular formula is C13H6F3NO4. The molecule has 8 heteroatoms. The van der Waals surface area contributed by atoms with E-state index in [1.54, 1.807) is 0 Å². The van der Waals surface area contributed by atoms with Gasteiger partial charge in [-0.1, -0.05) is 0 Å². The van der Waals surface area contributed by atoms with Crippen LogP contribution < -0.4 is 4.74 Å². The summed E-state index contributed by atoms with van der Waals surface area (Å²) in [7, 11) is 0. The number of benzene rings is 2. The molecule has 0 aliphatic carbocycles. The zero-order valence-electron chi connectivity index (χ0n) is 10.2. The fourth-order valence-corrected chi connectivity index (χ4v) is 1.56. The molecule has 0 radical (unpaired) electrons. The summed E-state index contributed by atoms with van der Waals surface area (Å²) in [5, 5.41) is 10.4. The van der Waals surface area contributed by atoms with Gasteiger partial charge in [0.2, 0.25) is 5.82 Å². The number of hydrogen-bond donors (Lipinski definition) is 0. The quantitative estimate of drug-likeness (QED) is 0.491. The van der Waals surface area contributed by atoms with Gasteiger partial charge in [-0.05, 0) is 18.2 Å². The van der Waals surface area contributed by atoms with E-state index in [1.807, 2.05) is 0 Å². The van der Waals surface area contributed by atoms with Gasteiger partial charge in [0.25, 0.3) is 0 Å². The number of carbonyl (C=O) groups excluding carboxylic acids is 1. The molecule has 0 saturated carbocycles. The summed E-state index contributed by atoms with van der Waals surface area (Å²) in [4.78, 5) is 19.9. The molecule has 108 valence electrons. The maximum Gasteiger partial charge on any atom is 0.305 e. The average molecular weight is 297 g/mol. The number of nitro benzene ring substituents is 1. The van der Waals surface area contributed by atoms with Crippen molar-refractivity contribution in [3.8, 4) is 11.5 Å². The smallest absolute Gasteiger partial charge is 0.305 e. The third kappa shape index (κ3) is 2.99. The van der Waals surface area contributed by atoms with Crippen LogP contribution >= 0.6 is 0 Å². The van der Waals surface area contributed by atoms with E-state index in [-0.39, 0.29) is 17.6 Å². The molecule has 2 rings (SSSR count). The van der Waals surface area contributed by atoms with Crippen LogP contribution in [0.5, 0.6) is 11.5 Å². The molecule has 0 atom stereocenters. The fraction of sp³-hybridized carbons (Fsp3) is 0. The molecule has 0 amide bonds. The van der Waals surface area contributed by atoms with Crippen LogP contribution in [0, 0.1) is 27.6 Å². The fourth-order valence-electron chi connectivity index (χ4n) is 1.56. The summed E-state index contributed by atoms with van der Waals surface area (Å²) in [6, 6.07) is 3.92. The maximum absolute atomic E-state index is 13.6. The Morgan fingerprint density at radius 1 is 1.05 bits per heavy atom. The predicted octanol–water partition coefficient (Wildman–Crippen LogP) is 3.62. The molecule has 2 aromatic carbocycles. The van der Waals surface area contributed by atoms with Crippen molar-refractivity contribution in [2.24, 2.45) is 0 Å². The highest BCUT2D eigenvalue weighted by Gasteiger charge is 2.17. The molecule has 0 fully saturated rings. The van der Waals surface area contributed by atoms with E-state index in [4.69, 9.17) is 4.74 Å². The Labute approximate surface area is 115 Å². The molecule has 0 N–H and O–H groups in total. The van der Waals surface area contributed by atoms with E-state index in [9.17, 15) is 28.1 Å². The Bertz CT molecular complexity index is 710. The average Bonchev–Trinajstić information content (AvgIpc) is 2.42. The normalized spacial score (nSPS) is 10.2. The van der Waals surface area contributed by atoms with Gasteiger partial charge in [0.05, 0.1) is 4.92 Å². The van der Waals surface area contributed by atoms with Gasteiger partial charge in [-0.3, -0.25) is 14.9 Å². The van der Waals surface area contributed by atoms with Crippen molar-refractivity contribution in [1.29, 1.82) is 0 Å². The Hall–Kier alpha value is -2.90. The number of halogens is 3. The van der Waals surface area contributed by atoms with Crippen molar-refractivity contribution >= 4 is 12.0 Å². The van der Waals surface area contributed by atoms with Crippen molar-refractivity contribution in [2.75, 3.05) is 0 Å². The molecule has 0 heterocycles. The number of aldehydes is 1. The first kappa shape index (κ1) is 14.5. The lowest BCUT2D eigenvalue weighted by Crippen LogP contribution is -1.97. The topological polar surface area (TPSA) is 69.4 Å². The molecule has 0 aliphatic heterocycles. The summed E-state index contributed by atoms with van der Waals surface area (Å²) < 4.78 is 45.3. The van der Waals surface area contributed by atoms with Crippen LogP contribution in [0.15, 0.2) is 30.3 Å². The number of rotatable bonds is 4. The largest absolute Gasteiger partial charge is 0.451 e. The van der Waals surface area contributed by atoms with E-state index in [0.29, 0.717) is 6.07 Å². The van der Waals surface area contributed by atoms with Crippen molar-refractivity contribution < 1.29 is 27.6 Å². The van der Waals surface area contributed by atoms with E-state index in [0.717, 1.165) is 24.3 Å². The van der Waals surface area contributed by atoms with Crippen molar-refractivity contribution in [1.82, 2.24) is 0 Å². The number of nitro groups is 1. The lowest BCUT2D eigenvalue weighted by atomic mass is 10.2. The summed E-state index contributed by atoms with van der Waals surface area (Å²) in [5.74, 6) is -4.68. The van der Waals surface area contributed by atoms with Crippen LogP contribution in [0.1, 0.15) is 10.4 Å². The lowest BCUT2D eigenvalue weighted by molar-refractivity contribution is -0.387. The molecule has 2 aromatic rings. The van der Waals surface area contributed by atoms with Crippen molar-refractivity contribution in [3.63, 3.8) is 0 Å². The summed E-state index contributed by atoms with van der Waals surface area (Å²) in [5.41, 5.74) is -1.02. The number of ether oxygens (including phenoxy) is 1. The Balaban J connectivity index is 2.37. The second-order valence-electron chi connectivity index (χ2n) is 3.90. The van der Waals surface area contributed by atoms with Crippen LogP contribution in [0.3, 0.4) is 0 Å². The molecule has 0 aromatic heterocycles. The first-order valence-corrected chi connectivity index (χ1v) is 5.48. The highest BCUT2D eigenvalue weighted by Crippen LogP contribution is 2.30. The first-order valence-electron chi connectivity index (χ1n) is 5.48. The van der Waals surface area contributed by atoms with Gasteiger partial charge in [-0.2, -0.15) is 4.39 Å². The van der Waals surface area contributed by atoms with Gasteiger partial charge in [0.1, 0.15) is 12.0 Å². The molecule has 5 nitrogen and oxygen atoms in total. The lowest BCUT2D eigenvalue weighted by Gasteiger charge is -2.08. The number of hydrogen-bond acceptors (Lipinski definition) is 4. The summed E-state index contributed by atoms with van der Waals surface area (Å²) >= 11 is 0. The zero-order valence-corrected chi connectivity index (χ0v) is 10.2. The molecule has 21 heavy (non-hydrogen) atoms. The third-order valence-electron chi connectivity index (χ3n) is 2.49. The molecule has 0 saturated heterocycles. The van der Waals surface area contributed by atoms with Gasteiger partial charge in [0.15, 0.2) is 17.4 Å². The van der Waals surface area contributed by atoms with E-state index in [2.05, 4.69) is 0 Å². The van der Waals surface area contributed by atoms with Crippen molar-refractivity contribution in [3.05, 3.63) is 63.5 Å².